The van der Waals surface area contributed by atoms with Gasteiger partial charge < -0.3 is 15.0 Å². The Labute approximate surface area is 187 Å². The van der Waals surface area contributed by atoms with Crippen LogP contribution < -0.4 is 15.0 Å². The minimum atomic E-state index is 0.00861. The van der Waals surface area contributed by atoms with Gasteiger partial charge in [-0.05, 0) is 69.4 Å². The van der Waals surface area contributed by atoms with Crippen LogP contribution in [0.25, 0.3) is 10.2 Å². The number of thiophene rings is 1. The third-order valence-electron chi connectivity index (χ3n) is 6.04. The van der Waals surface area contributed by atoms with Crippen molar-refractivity contribution in [3.05, 3.63) is 40.5 Å². The van der Waals surface area contributed by atoms with E-state index in [1.165, 1.54) is 10.4 Å². The van der Waals surface area contributed by atoms with Crippen molar-refractivity contribution in [2.75, 3.05) is 29.9 Å². The number of hydrogen-bond donors (Lipinski definition) is 1. The van der Waals surface area contributed by atoms with Crippen LogP contribution in [0.4, 0.5) is 11.5 Å². The van der Waals surface area contributed by atoms with E-state index in [4.69, 9.17) is 4.74 Å². The normalized spacial score (nSPS) is 14.8. The lowest BCUT2D eigenvalue weighted by molar-refractivity contribution is -0.120. The zero-order chi connectivity index (χ0) is 22.0. The molecule has 0 saturated carbocycles. The van der Waals surface area contributed by atoms with Gasteiger partial charge in [-0.1, -0.05) is 6.92 Å². The molecular formula is C24H30N4O2S. The predicted molar refractivity (Wildman–Crippen MR) is 127 cm³/mol. The number of fused-ring (bicyclic) bond motifs is 1. The minimum Gasteiger partial charge on any atom is -0.494 e. The van der Waals surface area contributed by atoms with Crippen LogP contribution in [-0.2, 0) is 4.79 Å². The molecule has 1 saturated heterocycles. The number of ether oxygens (including phenoxy) is 1. The van der Waals surface area contributed by atoms with Gasteiger partial charge in [-0.25, -0.2) is 9.97 Å². The molecule has 2 aromatic heterocycles. The van der Waals surface area contributed by atoms with Crippen LogP contribution >= 0.6 is 11.3 Å². The van der Waals surface area contributed by atoms with E-state index in [1.54, 1.807) is 17.7 Å². The fourth-order valence-corrected chi connectivity index (χ4v) is 5.07. The van der Waals surface area contributed by atoms with Gasteiger partial charge in [0.1, 0.15) is 22.7 Å². The van der Waals surface area contributed by atoms with E-state index >= 15 is 0 Å². The molecule has 1 fully saturated rings. The van der Waals surface area contributed by atoms with Crippen LogP contribution in [0.5, 0.6) is 5.75 Å². The highest BCUT2D eigenvalue weighted by Crippen LogP contribution is 2.35. The first kappa shape index (κ1) is 21.6. The Balaban J connectivity index is 1.40. The molecule has 0 unspecified atom stereocenters. The molecule has 0 bridgehead atoms. The molecule has 164 valence electrons. The maximum absolute atomic E-state index is 12.9. The molecule has 4 rings (SSSR count). The lowest BCUT2D eigenvalue weighted by Gasteiger charge is -2.32. The first-order valence-electron chi connectivity index (χ1n) is 11.0. The van der Waals surface area contributed by atoms with E-state index in [9.17, 15) is 4.79 Å². The lowest BCUT2D eigenvalue weighted by Crippen LogP contribution is -2.38. The monoisotopic (exact) mass is 438 g/mol. The molecule has 1 amide bonds. The van der Waals surface area contributed by atoms with Crippen molar-refractivity contribution in [3.63, 3.8) is 0 Å². The largest absolute Gasteiger partial charge is 0.494 e. The zero-order valence-corrected chi connectivity index (χ0v) is 19.5. The van der Waals surface area contributed by atoms with Crippen LogP contribution in [0.15, 0.2) is 24.5 Å². The summed E-state index contributed by atoms with van der Waals surface area (Å²) in [6.07, 6.45) is 4.26. The Bertz CT molecular complexity index is 1090. The van der Waals surface area contributed by atoms with Gasteiger partial charge in [0.2, 0.25) is 5.91 Å². The van der Waals surface area contributed by atoms with Gasteiger partial charge in [-0.2, -0.15) is 0 Å². The first-order valence-corrected chi connectivity index (χ1v) is 11.8. The Morgan fingerprint density at radius 1 is 1.23 bits per heavy atom. The summed E-state index contributed by atoms with van der Waals surface area (Å²) in [5, 5.41) is 4.28. The van der Waals surface area contributed by atoms with Crippen molar-refractivity contribution < 1.29 is 9.53 Å². The number of aromatic nitrogens is 2. The number of rotatable bonds is 6. The Kier molecular flexibility index (Phi) is 6.41. The molecule has 6 nitrogen and oxygen atoms in total. The van der Waals surface area contributed by atoms with Gasteiger partial charge >= 0.3 is 0 Å². The van der Waals surface area contributed by atoms with Crippen LogP contribution in [-0.4, -0.2) is 35.6 Å². The number of piperidine rings is 1. The highest BCUT2D eigenvalue weighted by molar-refractivity contribution is 7.18. The summed E-state index contributed by atoms with van der Waals surface area (Å²) in [6, 6.07) is 5.85. The van der Waals surface area contributed by atoms with Gasteiger partial charge in [0.25, 0.3) is 0 Å². The topological polar surface area (TPSA) is 67.3 Å². The summed E-state index contributed by atoms with van der Waals surface area (Å²) in [4.78, 5) is 26.6. The smallest absolute Gasteiger partial charge is 0.227 e. The summed E-state index contributed by atoms with van der Waals surface area (Å²) in [5.41, 5.74) is 3.14. The summed E-state index contributed by atoms with van der Waals surface area (Å²) in [5.74, 6) is 1.96. The summed E-state index contributed by atoms with van der Waals surface area (Å²) < 4.78 is 5.68. The number of amides is 1. The van der Waals surface area contributed by atoms with Crippen molar-refractivity contribution in [2.24, 2.45) is 5.92 Å². The van der Waals surface area contributed by atoms with Crippen molar-refractivity contribution in [1.82, 2.24) is 9.97 Å². The van der Waals surface area contributed by atoms with Crippen LogP contribution in [0.1, 0.15) is 42.2 Å². The number of carbonyl (C=O) groups excluding carboxylic acids is 1. The molecule has 0 atom stereocenters. The SMILES string of the molecule is CCCOc1ccc(NC(=O)C2CCN(c3ncnc4sc(C)c(C)c34)CC2)c(C)c1. The second kappa shape index (κ2) is 9.22. The molecule has 0 spiro atoms. The number of nitrogens with one attached hydrogen (secondary N) is 1. The lowest BCUT2D eigenvalue weighted by atomic mass is 9.95. The number of benzene rings is 1. The maximum atomic E-state index is 12.9. The summed E-state index contributed by atoms with van der Waals surface area (Å²) in [6.45, 7) is 10.7. The van der Waals surface area contributed by atoms with Crippen molar-refractivity contribution >= 4 is 39.0 Å². The third kappa shape index (κ3) is 4.51. The van der Waals surface area contributed by atoms with Crippen molar-refractivity contribution in [2.45, 2.75) is 47.0 Å². The fourth-order valence-electron chi connectivity index (χ4n) is 4.08. The van der Waals surface area contributed by atoms with Gasteiger partial charge in [-0.15, -0.1) is 11.3 Å². The Hall–Kier alpha value is -2.67. The van der Waals surface area contributed by atoms with E-state index in [-0.39, 0.29) is 11.8 Å². The number of anilines is 2. The van der Waals surface area contributed by atoms with E-state index in [0.717, 1.165) is 65.4 Å². The van der Waals surface area contributed by atoms with Crippen LogP contribution in [0.3, 0.4) is 0 Å². The minimum absolute atomic E-state index is 0.00861. The molecule has 1 aromatic carbocycles. The van der Waals surface area contributed by atoms with Crippen molar-refractivity contribution in [3.8, 4) is 5.75 Å². The molecule has 3 heterocycles. The zero-order valence-electron chi connectivity index (χ0n) is 18.7. The highest BCUT2D eigenvalue weighted by atomic mass is 32.1. The number of aryl methyl sites for hydroxylation is 3. The molecular weight excluding hydrogens is 408 g/mol. The molecule has 1 N–H and O–H groups in total. The number of hydrogen-bond acceptors (Lipinski definition) is 6. The standard InChI is InChI=1S/C24H30N4O2S/c1-5-12-30-19-6-7-20(15(2)13-19)27-23(29)18-8-10-28(11-9-18)22-21-16(3)17(4)31-24(21)26-14-25-22/h6-7,13-14,18H,5,8-12H2,1-4H3,(H,27,29). The van der Waals surface area contributed by atoms with E-state index in [0.29, 0.717) is 6.61 Å². The molecule has 0 aliphatic carbocycles. The molecule has 0 radical (unpaired) electrons. The van der Waals surface area contributed by atoms with E-state index < -0.39 is 0 Å². The first-order chi connectivity index (χ1) is 15.0. The van der Waals surface area contributed by atoms with Gasteiger partial charge in [0.05, 0.1) is 12.0 Å². The number of carbonyl (C=O) groups is 1. The number of nitrogens with zero attached hydrogens (tertiary/aromatic N) is 3. The van der Waals surface area contributed by atoms with Gasteiger partial charge in [0, 0.05) is 29.6 Å². The third-order valence-corrected chi connectivity index (χ3v) is 7.15. The average Bonchev–Trinajstić information content (AvgIpc) is 3.07. The molecule has 7 heteroatoms. The van der Waals surface area contributed by atoms with Gasteiger partial charge in [0.15, 0.2) is 0 Å². The molecule has 1 aliphatic heterocycles. The summed E-state index contributed by atoms with van der Waals surface area (Å²) in [7, 11) is 0. The Morgan fingerprint density at radius 2 is 2.00 bits per heavy atom. The molecule has 31 heavy (non-hydrogen) atoms. The molecule has 3 aromatic rings. The second-order valence-corrected chi connectivity index (χ2v) is 9.44. The van der Waals surface area contributed by atoms with Crippen LogP contribution in [0, 0.1) is 26.7 Å². The second-order valence-electron chi connectivity index (χ2n) is 8.24. The quantitative estimate of drug-likeness (QED) is 0.569. The Morgan fingerprint density at radius 3 is 2.71 bits per heavy atom. The molecule has 1 aliphatic rings. The van der Waals surface area contributed by atoms with Gasteiger partial charge in [-0.3, -0.25) is 4.79 Å². The predicted octanol–water partition coefficient (Wildman–Crippen LogP) is 5.26. The van der Waals surface area contributed by atoms with E-state index in [2.05, 4.69) is 41.0 Å². The van der Waals surface area contributed by atoms with E-state index in [1.807, 2.05) is 25.1 Å². The fraction of sp³-hybridized carbons (Fsp3) is 0.458. The van der Waals surface area contributed by atoms with Crippen molar-refractivity contribution in [1.29, 1.82) is 0 Å². The highest BCUT2D eigenvalue weighted by Gasteiger charge is 2.27. The maximum Gasteiger partial charge on any atom is 0.227 e. The van der Waals surface area contributed by atoms with Crippen LogP contribution in [0.2, 0.25) is 0 Å². The average molecular weight is 439 g/mol. The summed E-state index contributed by atoms with van der Waals surface area (Å²) >= 11 is 1.72.